The first-order chi connectivity index (χ1) is 6.15. The van der Waals surface area contributed by atoms with Crippen LogP contribution in [-0.4, -0.2) is 11.8 Å². The Morgan fingerprint density at radius 1 is 1.54 bits per heavy atom. The van der Waals surface area contributed by atoms with Gasteiger partial charge in [0, 0.05) is 6.42 Å². The molecule has 0 amide bonds. The van der Waals surface area contributed by atoms with E-state index in [1.54, 1.807) is 0 Å². The molecule has 0 saturated heterocycles. The molecule has 0 aromatic rings. The largest absolute Gasteiger partial charge is 0.321 e. The average molecular weight is 183 g/mol. The summed E-state index contributed by atoms with van der Waals surface area (Å²) in [6.07, 6.45) is 5.42. The third-order valence-corrected chi connectivity index (χ3v) is 3.12. The molecule has 0 bridgehead atoms. The normalized spacial score (nSPS) is 21.2. The summed E-state index contributed by atoms with van der Waals surface area (Å²) in [5, 5.41) is 0. The summed E-state index contributed by atoms with van der Waals surface area (Å²) >= 11 is 0. The zero-order valence-electron chi connectivity index (χ0n) is 8.75. The molecule has 0 aliphatic heterocycles. The summed E-state index contributed by atoms with van der Waals surface area (Å²) < 4.78 is 0. The molecule has 1 fully saturated rings. The van der Waals surface area contributed by atoms with Gasteiger partial charge in [-0.2, -0.15) is 0 Å². The Balaban J connectivity index is 2.19. The predicted octanol–water partition coefficient (Wildman–Crippen LogP) is 2.12. The summed E-state index contributed by atoms with van der Waals surface area (Å²) in [7, 11) is 0. The minimum absolute atomic E-state index is 0.219. The summed E-state index contributed by atoms with van der Waals surface area (Å²) in [4.78, 5) is 11.6. The summed E-state index contributed by atoms with van der Waals surface area (Å²) in [6.45, 7) is 4.14. The first-order valence-corrected chi connectivity index (χ1v) is 5.43. The van der Waals surface area contributed by atoms with E-state index >= 15 is 0 Å². The van der Waals surface area contributed by atoms with Crippen LogP contribution in [0.15, 0.2) is 0 Å². The molecule has 76 valence electrons. The van der Waals surface area contributed by atoms with E-state index in [1.807, 2.05) is 0 Å². The third kappa shape index (κ3) is 3.47. The van der Waals surface area contributed by atoms with Crippen LogP contribution in [0.5, 0.6) is 0 Å². The van der Waals surface area contributed by atoms with E-state index in [4.69, 9.17) is 5.73 Å². The van der Waals surface area contributed by atoms with Gasteiger partial charge < -0.3 is 5.73 Å². The second kappa shape index (κ2) is 4.75. The molecular weight excluding hydrogens is 162 g/mol. The van der Waals surface area contributed by atoms with Gasteiger partial charge in [-0.05, 0) is 18.3 Å². The van der Waals surface area contributed by atoms with Crippen LogP contribution in [0.2, 0.25) is 0 Å². The summed E-state index contributed by atoms with van der Waals surface area (Å²) in [5.41, 5.74) is 5.83. The van der Waals surface area contributed by atoms with E-state index in [-0.39, 0.29) is 11.8 Å². The Bertz CT molecular complexity index is 175. The number of hydrogen-bond donors (Lipinski definition) is 1. The molecule has 0 aromatic carbocycles. The van der Waals surface area contributed by atoms with Gasteiger partial charge in [-0.15, -0.1) is 0 Å². The molecule has 1 aliphatic carbocycles. The lowest BCUT2D eigenvalue weighted by atomic mass is 9.94. The summed E-state index contributed by atoms with van der Waals surface area (Å²) in [5.74, 6) is 1.45. The van der Waals surface area contributed by atoms with Crippen molar-refractivity contribution in [1.82, 2.24) is 0 Å². The van der Waals surface area contributed by atoms with E-state index in [1.165, 1.54) is 12.8 Å². The zero-order valence-corrected chi connectivity index (χ0v) is 8.75. The molecule has 2 N–H and O–H groups in total. The van der Waals surface area contributed by atoms with Gasteiger partial charge >= 0.3 is 0 Å². The van der Waals surface area contributed by atoms with E-state index in [0.717, 1.165) is 18.8 Å². The molecule has 2 heteroatoms. The van der Waals surface area contributed by atoms with Crippen LogP contribution in [0, 0.1) is 11.8 Å². The van der Waals surface area contributed by atoms with Crippen molar-refractivity contribution >= 4 is 5.78 Å². The third-order valence-electron chi connectivity index (χ3n) is 3.12. The van der Waals surface area contributed by atoms with Crippen LogP contribution in [0.1, 0.15) is 46.0 Å². The first-order valence-electron chi connectivity index (χ1n) is 5.43. The van der Waals surface area contributed by atoms with Gasteiger partial charge in [-0.1, -0.05) is 33.1 Å². The lowest BCUT2D eigenvalue weighted by molar-refractivity contribution is -0.121. The number of carbonyl (C=O) groups excluding carboxylic acids is 1. The molecule has 0 heterocycles. The van der Waals surface area contributed by atoms with Crippen LogP contribution < -0.4 is 5.73 Å². The molecule has 2 atom stereocenters. The lowest BCUT2D eigenvalue weighted by Gasteiger charge is -2.16. The van der Waals surface area contributed by atoms with Crippen molar-refractivity contribution in [1.29, 1.82) is 0 Å². The number of ketones is 1. The van der Waals surface area contributed by atoms with Crippen molar-refractivity contribution in [2.45, 2.75) is 52.0 Å². The molecule has 1 aliphatic rings. The Hall–Kier alpha value is -0.370. The van der Waals surface area contributed by atoms with E-state index in [9.17, 15) is 4.79 Å². The number of rotatable bonds is 6. The Kier molecular flexibility index (Phi) is 3.91. The second-order valence-corrected chi connectivity index (χ2v) is 4.36. The highest BCUT2D eigenvalue weighted by Crippen LogP contribution is 2.33. The smallest absolute Gasteiger partial charge is 0.149 e. The second-order valence-electron chi connectivity index (χ2n) is 4.36. The minimum atomic E-state index is -0.219. The van der Waals surface area contributed by atoms with Crippen LogP contribution in [0.3, 0.4) is 0 Å². The van der Waals surface area contributed by atoms with E-state index in [0.29, 0.717) is 12.3 Å². The fraction of sp³-hybridized carbons (Fsp3) is 0.909. The van der Waals surface area contributed by atoms with Crippen LogP contribution in [0.25, 0.3) is 0 Å². The van der Waals surface area contributed by atoms with Crippen molar-refractivity contribution in [3.05, 3.63) is 0 Å². The average Bonchev–Trinajstić information content (AvgIpc) is 2.95. The van der Waals surface area contributed by atoms with Crippen molar-refractivity contribution < 1.29 is 4.79 Å². The quantitative estimate of drug-likeness (QED) is 0.685. The van der Waals surface area contributed by atoms with Gasteiger partial charge in [0.05, 0.1) is 6.04 Å². The van der Waals surface area contributed by atoms with Gasteiger partial charge in [0.25, 0.3) is 0 Å². The number of carbonyl (C=O) groups is 1. The minimum Gasteiger partial charge on any atom is -0.321 e. The molecule has 0 radical (unpaired) electrons. The topological polar surface area (TPSA) is 43.1 Å². The van der Waals surface area contributed by atoms with Crippen molar-refractivity contribution in [3.63, 3.8) is 0 Å². The Labute approximate surface area is 80.9 Å². The van der Waals surface area contributed by atoms with Gasteiger partial charge in [-0.3, -0.25) is 4.79 Å². The molecule has 2 unspecified atom stereocenters. The number of Topliss-reactive ketones (excluding diaryl/α,β-unsaturated/α-hetero) is 1. The van der Waals surface area contributed by atoms with E-state index in [2.05, 4.69) is 13.8 Å². The predicted molar refractivity (Wildman–Crippen MR) is 54.4 cm³/mol. The lowest BCUT2D eigenvalue weighted by Crippen LogP contribution is -2.36. The molecule has 0 spiro atoms. The first kappa shape index (κ1) is 10.7. The Morgan fingerprint density at radius 3 is 2.62 bits per heavy atom. The molecule has 1 saturated carbocycles. The SMILES string of the molecule is CCC(C)C(N)C(=O)CCC1CC1. The van der Waals surface area contributed by atoms with Gasteiger partial charge in [0.15, 0.2) is 0 Å². The zero-order chi connectivity index (χ0) is 9.84. The maximum absolute atomic E-state index is 11.6. The highest BCUT2D eigenvalue weighted by molar-refractivity contribution is 5.84. The molecule has 13 heavy (non-hydrogen) atoms. The maximum Gasteiger partial charge on any atom is 0.149 e. The standard InChI is InChI=1S/C11H21NO/c1-3-8(2)11(12)10(13)7-6-9-4-5-9/h8-9,11H,3-7,12H2,1-2H3. The summed E-state index contributed by atoms with van der Waals surface area (Å²) in [6, 6.07) is -0.219. The number of hydrogen-bond acceptors (Lipinski definition) is 2. The molecular formula is C11H21NO. The van der Waals surface area contributed by atoms with Crippen LogP contribution >= 0.6 is 0 Å². The van der Waals surface area contributed by atoms with Crippen LogP contribution in [0.4, 0.5) is 0 Å². The molecule has 1 rings (SSSR count). The monoisotopic (exact) mass is 183 g/mol. The highest BCUT2D eigenvalue weighted by atomic mass is 16.1. The van der Waals surface area contributed by atoms with E-state index < -0.39 is 0 Å². The van der Waals surface area contributed by atoms with Gasteiger partial charge in [0.2, 0.25) is 0 Å². The number of nitrogens with two attached hydrogens (primary N) is 1. The van der Waals surface area contributed by atoms with Gasteiger partial charge in [0.1, 0.15) is 5.78 Å². The van der Waals surface area contributed by atoms with Crippen molar-refractivity contribution in [2.75, 3.05) is 0 Å². The van der Waals surface area contributed by atoms with Crippen molar-refractivity contribution in [3.8, 4) is 0 Å². The molecule has 0 aromatic heterocycles. The maximum atomic E-state index is 11.6. The van der Waals surface area contributed by atoms with Gasteiger partial charge in [-0.25, -0.2) is 0 Å². The Morgan fingerprint density at radius 2 is 2.15 bits per heavy atom. The van der Waals surface area contributed by atoms with Crippen molar-refractivity contribution in [2.24, 2.45) is 17.6 Å². The molecule has 2 nitrogen and oxygen atoms in total. The fourth-order valence-corrected chi connectivity index (χ4v) is 1.49. The fourth-order valence-electron chi connectivity index (χ4n) is 1.49. The van der Waals surface area contributed by atoms with Crippen LogP contribution in [-0.2, 0) is 4.79 Å². The highest BCUT2D eigenvalue weighted by Gasteiger charge is 2.24.